The van der Waals surface area contributed by atoms with Gasteiger partial charge in [0.05, 0.1) is 5.69 Å². The van der Waals surface area contributed by atoms with Crippen LogP contribution in [-0.4, -0.2) is 14.8 Å². The third-order valence-electron chi connectivity index (χ3n) is 2.77. The van der Waals surface area contributed by atoms with Crippen LogP contribution in [0.2, 0.25) is 5.02 Å². The summed E-state index contributed by atoms with van der Waals surface area (Å²) in [5.74, 6) is 0.636. The zero-order valence-electron chi connectivity index (χ0n) is 9.24. The van der Waals surface area contributed by atoms with Crippen molar-refractivity contribution in [3.63, 3.8) is 0 Å². The number of benzene rings is 1. The van der Waals surface area contributed by atoms with Crippen LogP contribution >= 0.6 is 11.6 Å². The second-order valence-electron chi connectivity index (χ2n) is 3.99. The van der Waals surface area contributed by atoms with E-state index in [4.69, 9.17) is 17.3 Å². The molecule has 1 aromatic carbocycles. The molecule has 0 bridgehead atoms. The molecule has 0 aliphatic rings. The molecule has 0 saturated heterocycles. The van der Waals surface area contributed by atoms with Gasteiger partial charge in [-0.1, -0.05) is 11.6 Å². The summed E-state index contributed by atoms with van der Waals surface area (Å²) >= 11 is 5.95. The zero-order valence-corrected chi connectivity index (χ0v) is 9.99. The quantitative estimate of drug-likeness (QED) is 0.694. The van der Waals surface area contributed by atoms with Crippen molar-refractivity contribution in [2.24, 2.45) is 7.05 Å². The summed E-state index contributed by atoms with van der Waals surface area (Å²) in [4.78, 5) is 3.29. The van der Waals surface area contributed by atoms with Gasteiger partial charge in [0.1, 0.15) is 11.5 Å². The van der Waals surface area contributed by atoms with Gasteiger partial charge >= 0.3 is 0 Å². The van der Waals surface area contributed by atoms with Crippen LogP contribution in [0.25, 0.3) is 22.3 Å². The van der Waals surface area contributed by atoms with E-state index in [1.807, 2.05) is 37.4 Å². The molecular weight excluding hydrogens is 236 g/mol. The van der Waals surface area contributed by atoms with E-state index >= 15 is 0 Å². The number of hydrogen-bond donors (Lipinski definition) is 2. The highest BCUT2D eigenvalue weighted by Gasteiger charge is 2.08. The summed E-state index contributed by atoms with van der Waals surface area (Å²) in [6.07, 6.45) is 0. The van der Waals surface area contributed by atoms with Crippen LogP contribution in [0.1, 0.15) is 0 Å². The molecule has 3 rings (SSSR count). The fraction of sp³-hybridized carbons (Fsp3) is 0.0833. The smallest absolute Gasteiger partial charge is 0.122 e. The number of nitrogen functional groups attached to an aromatic ring is 1. The number of aromatic amines is 1. The predicted molar refractivity (Wildman–Crippen MR) is 69.9 cm³/mol. The summed E-state index contributed by atoms with van der Waals surface area (Å²) in [7, 11) is 1.82. The minimum absolute atomic E-state index is 0.636. The van der Waals surface area contributed by atoms with Gasteiger partial charge in [0.25, 0.3) is 0 Å². The number of nitrogens with two attached hydrogens (primary N) is 1. The van der Waals surface area contributed by atoms with E-state index in [1.54, 1.807) is 4.68 Å². The summed E-state index contributed by atoms with van der Waals surface area (Å²) in [6, 6.07) is 9.59. The lowest BCUT2D eigenvalue weighted by atomic mass is 10.2. The van der Waals surface area contributed by atoms with Crippen LogP contribution in [-0.2, 0) is 7.05 Å². The Hall–Kier alpha value is -1.94. The lowest BCUT2D eigenvalue weighted by molar-refractivity contribution is 0.781. The maximum Gasteiger partial charge on any atom is 0.122 e. The first-order valence-electron chi connectivity index (χ1n) is 5.21. The summed E-state index contributed by atoms with van der Waals surface area (Å²) < 4.78 is 1.65. The number of aromatic nitrogens is 3. The monoisotopic (exact) mass is 246 g/mol. The SMILES string of the molecule is Cn1nc(-c2cc3cc(Cl)ccc3[nH]2)cc1N. The number of halogens is 1. The van der Waals surface area contributed by atoms with Gasteiger partial charge in [-0.25, -0.2) is 0 Å². The van der Waals surface area contributed by atoms with Crippen molar-refractivity contribution < 1.29 is 0 Å². The topological polar surface area (TPSA) is 59.6 Å². The average Bonchev–Trinajstić information content (AvgIpc) is 2.83. The summed E-state index contributed by atoms with van der Waals surface area (Å²) in [5, 5.41) is 6.12. The molecule has 0 unspecified atom stereocenters. The van der Waals surface area contributed by atoms with Gasteiger partial charge in [0.15, 0.2) is 0 Å². The fourth-order valence-corrected chi connectivity index (χ4v) is 2.04. The maximum atomic E-state index is 5.95. The Morgan fingerprint density at radius 1 is 1.29 bits per heavy atom. The number of anilines is 1. The van der Waals surface area contributed by atoms with Crippen molar-refractivity contribution in [2.45, 2.75) is 0 Å². The molecule has 0 radical (unpaired) electrons. The van der Waals surface area contributed by atoms with E-state index in [-0.39, 0.29) is 0 Å². The standard InChI is InChI=1S/C12H11ClN4/c1-17-12(14)6-11(16-17)10-5-7-4-8(13)2-3-9(7)15-10/h2-6,15H,14H2,1H3. The molecule has 0 amide bonds. The number of hydrogen-bond acceptors (Lipinski definition) is 2. The average molecular weight is 247 g/mol. The molecule has 3 N–H and O–H groups in total. The van der Waals surface area contributed by atoms with E-state index in [9.17, 15) is 0 Å². The Bertz CT molecular complexity index is 676. The Balaban J connectivity index is 2.17. The van der Waals surface area contributed by atoms with Crippen molar-refractivity contribution in [1.82, 2.24) is 14.8 Å². The van der Waals surface area contributed by atoms with Crippen molar-refractivity contribution in [3.8, 4) is 11.4 Å². The predicted octanol–water partition coefficient (Wildman–Crippen LogP) is 2.80. The highest BCUT2D eigenvalue weighted by molar-refractivity contribution is 6.31. The minimum atomic E-state index is 0.636. The first kappa shape index (κ1) is 10.2. The molecule has 17 heavy (non-hydrogen) atoms. The molecule has 0 spiro atoms. The van der Waals surface area contributed by atoms with Gasteiger partial charge < -0.3 is 10.7 Å². The number of nitrogens with one attached hydrogen (secondary N) is 1. The highest BCUT2D eigenvalue weighted by atomic mass is 35.5. The minimum Gasteiger partial charge on any atom is -0.384 e. The van der Waals surface area contributed by atoms with E-state index in [0.717, 1.165) is 27.3 Å². The third kappa shape index (κ3) is 1.66. The molecule has 86 valence electrons. The van der Waals surface area contributed by atoms with Crippen LogP contribution in [0.4, 0.5) is 5.82 Å². The number of fused-ring (bicyclic) bond motifs is 1. The molecule has 5 heteroatoms. The largest absolute Gasteiger partial charge is 0.384 e. The molecule has 0 aliphatic carbocycles. The van der Waals surface area contributed by atoms with E-state index in [2.05, 4.69) is 10.1 Å². The van der Waals surface area contributed by atoms with Gasteiger partial charge in [-0.2, -0.15) is 5.10 Å². The number of rotatable bonds is 1. The van der Waals surface area contributed by atoms with E-state index < -0.39 is 0 Å². The van der Waals surface area contributed by atoms with Crippen molar-refractivity contribution >= 4 is 28.3 Å². The van der Waals surface area contributed by atoms with Crippen LogP contribution < -0.4 is 5.73 Å². The zero-order chi connectivity index (χ0) is 12.0. The maximum absolute atomic E-state index is 5.95. The molecule has 0 fully saturated rings. The molecule has 3 aromatic rings. The third-order valence-corrected chi connectivity index (χ3v) is 3.01. The lowest BCUT2D eigenvalue weighted by Gasteiger charge is -1.90. The molecule has 2 heterocycles. The molecule has 4 nitrogen and oxygen atoms in total. The Morgan fingerprint density at radius 3 is 2.82 bits per heavy atom. The molecular formula is C12H11ClN4. The number of H-pyrrole nitrogens is 1. The second-order valence-corrected chi connectivity index (χ2v) is 4.43. The van der Waals surface area contributed by atoms with Crippen molar-refractivity contribution in [2.75, 3.05) is 5.73 Å². The van der Waals surface area contributed by atoms with Gasteiger partial charge in [-0.05, 0) is 24.3 Å². The molecule has 0 atom stereocenters. The van der Waals surface area contributed by atoms with E-state index in [1.165, 1.54) is 0 Å². The Kier molecular flexibility index (Phi) is 2.12. The van der Waals surface area contributed by atoms with Crippen molar-refractivity contribution in [1.29, 1.82) is 0 Å². The fourth-order valence-electron chi connectivity index (χ4n) is 1.85. The van der Waals surface area contributed by atoms with Crippen molar-refractivity contribution in [3.05, 3.63) is 35.4 Å². The Labute approximate surface area is 103 Å². The van der Waals surface area contributed by atoms with Crippen LogP contribution in [0, 0.1) is 0 Å². The number of aryl methyl sites for hydroxylation is 1. The van der Waals surface area contributed by atoms with Crippen LogP contribution in [0.3, 0.4) is 0 Å². The highest BCUT2D eigenvalue weighted by Crippen LogP contribution is 2.26. The molecule has 0 saturated carbocycles. The molecule has 2 aromatic heterocycles. The second kappa shape index (κ2) is 3.53. The normalized spacial score (nSPS) is 11.2. The van der Waals surface area contributed by atoms with Crippen LogP contribution in [0.15, 0.2) is 30.3 Å². The lowest BCUT2D eigenvalue weighted by Crippen LogP contribution is -1.96. The first-order chi connectivity index (χ1) is 8.13. The van der Waals surface area contributed by atoms with Gasteiger partial charge in [-0.3, -0.25) is 4.68 Å². The van der Waals surface area contributed by atoms with E-state index in [0.29, 0.717) is 5.82 Å². The summed E-state index contributed by atoms with van der Waals surface area (Å²) in [6.45, 7) is 0. The Morgan fingerprint density at radius 2 is 2.12 bits per heavy atom. The van der Waals surface area contributed by atoms with Gasteiger partial charge in [0.2, 0.25) is 0 Å². The molecule has 0 aliphatic heterocycles. The van der Waals surface area contributed by atoms with Crippen LogP contribution in [0.5, 0.6) is 0 Å². The van der Waals surface area contributed by atoms with Gasteiger partial charge in [0, 0.05) is 29.0 Å². The first-order valence-corrected chi connectivity index (χ1v) is 5.59. The van der Waals surface area contributed by atoms with Gasteiger partial charge in [-0.15, -0.1) is 0 Å². The summed E-state index contributed by atoms with van der Waals surface area (Å²) in [5.41, 5.74) is 8.57. The number of nitrogens with zero attached hydrogens (tertiary/aromatic N) is 2.